The number of hydrogen-bond acceptors (Lipinski definition) is 2. The van der Waals surface area contributed by atoms with Crippen molar-refractivity contribution in [2.24, 2.45) is 0 Å². The molecule has 0 unspecified atom stereocenters. The van der Waals surface area contributed by atoms with Crippen molar-refractivity contribution in [1.29, 1.82) is 0 Å². The summed E-state index contributed by atoms with van der Waals surface area (Å²) in [4.78, 5) is 11.5. The summed E-state index contributed by atoms with van der Waals surface area (Å²) in [6.45, 7) is 2.51. The summed E-state index contributed by atoms with van der Waals surface area (Å²) >= 11 is 0. The zero-order chi connectivity index (χ0) is 11.6. The molecule has 0 bridgehead atoms. The summed E-state index contributed by atoms with van der Waals surface area (Å²) < 4.78 is 5.08. The standard InChI is InChI=1S/C14H18O2/c1-2-3-4-5-9-12-16-14(15)13-10-7-6-8-11-13/h5-11H,2-4,12H2,1H3. The van der Waals surface area contributed by atoms with Gasteiger partial charge < -0.3 is 4.74 Å². The normalized spacial score (nSPS) is 10.6. The Hall–Kier alpha value is -1.57. The van der Waals surface area contributed by atoms with E-state index in [1.54, 1.807) is 12.1 Å². The minimum Gasteiger partial charge on any atom is -0.458 e. The fourth-order valence-corrected chi connectivity index (χ4v) is 1.29. The zero-order valence-corrected chi connectivity index (χ0v) is 9.69. The minimum atomic E-state index is -0.263. The lowest BCUT2D eigenvalue weighted by atomic mass is 10.2. The molecule has 0 radical (unpaired) electrons. The Kier molecular flexibility index (Phi) is 6.00. The van der Waals surface area contributed by atoms with E-state index >= 15 is 0 Å². The summed E-state index contributed by atoms with van der Waals surface area (Å²) in [5.41, 5.74) is 0.601. The Labute approximate surface area is 96.9 Å². The second-order valence-electron chi connectivity index (χ2n) is 3.58. The van der Waals surface area contributed by atoms with E-state index in [-0.39, 0.29) is 5.97 Å². The van der Waals surface area contributed by atoms with Crippen molar-refractivity contribution in [1.82, 2.24) is 0 Å². The molecule has 1 aromatic carbocycles. The van der Waals surface area contributed by atoms with E-state index < -0.39 is 0 Å². The second kappa shape index (κ2) is 7.69. The molecule has 16 heavy (non-hydrogen) atoms. The van der Waals surface area contributed by atoms with Gasteiger partial charge in [0.05, 0.1) is 5.56 Å². The molecule has 1 rings (SSSR count). The van der Waals surface area contributed by atoms with Crippen molar-refractivity contribution in [3.63, 3.8) is 0 Å². The van der Waals surface area contributed by atoms with Crippen LogP contribution in [0, 0.1) is 0 Å². The van der Waals surface area contributed by atoms with Gasteiger partial charge >= 0.3 is 5.97 Å². The maximum Gasteiger partial charge on any atom is 0.338 e. The van der Waals surface area contributed by atoms with Crippen LogP contribution in [0.4, 0.5) is 0 Å². The van der Waals surface area contributed by atoms with Gasteiger partial charge in [-0.15, -0.1) is 0 Å². The van der Waals surface area contributed by atoms with Gasteiger partial charge in [-0.25, -0.2) is 4.79 Å². The van der Waals surface area contributed by atoms with Crippen LogP contribution in [0.25, 0.3) is 0 Å². The Balaban J connectivity index is 2.23. The van der Waals surface area contributed by atoms with Crippen LogP contribution in [-0.2, 0) is 4.74 Å². The van der Waals surface area contributed by atoms with E-state index in [0.717, 1.165) is 6.42 Å². The molecule has 0 N–H and O–H groups in total. The monoisotopic (exact) mass is 218 g/mol. The number of allylic oxidation sites excluding steroid dienone is 1. The lowest BCUT2D eigenvalue weighted by molar-refractivity contribution is 0.0549. The van der Waals surface area contributed by atoms with Crippen molar-refractivity contribution in [2.75, 3.05) is 6.61 Å². The first-order chi connectivity index (χ1) is 7.84. The largest absolute Gasteiger partial charge is 0.458 e. The van der Waals surface area contributed by atoms with Crippen molar-refractivity contribution < 1.29 is 9.53 Å². The number of ether oxygens (including phenoxy) is 1. The lowest BCUT2D eigenvalue weighted by Gasteiger charge is -2.00. The average molecular weight is 218 g/mol. The van der Waals surface area contributed by atoms with Gasteiger partial charge in [0, 0.05) is 0 Å². The number of benzene rings is 1. The third-order valence-corrected chi connectivity index (χ3v) is 2.21. The van der Waals surface area contributed by atoms with Crippen LogP contribution in [0.1, 0.15) is 36.5 Å². The van der Waals surface area contributed by atoms with E-state index in [0.29, 0.717) is 12.2 Å². The summed E-state index contributed by atoms with van der Waals surface area (Å²) in [5.74, 6) is -0.263. The summed E-state index contributed by atoms with van der Waals surface area (Å²) in [6.07, 6.45) is 7.38. The Morgan fingerprint density at radius 3 is 2.69 bits per heavy atom. The van der Waals surface area contributed by atoms with Crippen molar-refractivity contribution >= 4 is 5.97 Å². The smallest absolute Gasteiger partial charge is 0.338 e. The number of unbranched alkanes of at least 4 members (excludes halogenated alkanes) is 2. The molecule has 0 saturated carbocycles. The highest BCUT2D eigenvalue weighted by molar-refractivity contribution is 5.89. The number of esters is 1. The molecule has 0 aromatic heterocycles. The molecular weight excluding hydrogens is 200 g/mol. The average Bonchev–Trinajstić information content (AvgIpc) is 2.34. The minimum absolute atomic E-state index is 0.263. The highest BCUT2D eigenvalue weighted by Crippen LogP contribution is 2.01. The van der Waals surface area contributed by atoms with E-state index in [2.05, 4.69) is 13.0 Å². The highest BCUT2D eigenvalue weighted by atomic mass is 16.5. The molecule has 2 nitrogen and oxygen atoms in total. The highest BCUT2D eigenvalue weighted by Gasteiger charge is 2.03. The van der Waals surface area contributed by atoms with Gasteiger partial charge in [-0.2, -0.15) is 0 Å². The van der Waals surface area contributed by atoms with Gasteiger partial charge in [-0.3, -0.25) is 0 Å². The third-order valence-electron chi connectivity index (χ3n) is 2.21. The van der Waals surface area contributed by atoms with Crippen LogP contribution >= 0.6 is 0 Å². The molecule has 0 atom stereocenters. The van der Waals surface area contributed by atoms with Gasteiger partial charge in [0.1, 0.15) is 6.61 Å². The first-order valence-corrected chi connectivity index (χ1v) is 5.71. The molecule has 0 aliphatic carbocycles. The molecule has 1 aromatic rings. The van der Waals surface area contributed by atoms with Gasteiger partial charge in [-0.05, 0) is 18.6 Å². The quantitative estimate of drug-likeness (QED) is 0.414. The number of rotatable bonds is 6. The predicted octanol–water partition coefficient (Wildman–Crippen LogP) is 3.59. The molecule has 0 aliphatic heterocycles. The fraction of sp³-hybridized carbons (Fsp3) is 0.357. The third kappa shape index (κ3) is 4.78. The van der Waals surface area contributed by atoms with Gasteiger partial charge in [0.2, 0.25) is 0 Å². The number of carbonyl (C=O) groups is 1. The molecule has 0 fully saturated rings. The second-order valence-corrected chi connectivity index (χ2v) is 3.58. The summed E-state index contributed by atoms with van der Waals surface area (Å²) in [7, 11) is 0. The Morgan fingerprint density at radius 2 is 2.00 bits per heavy atom. The van der Waals surface area contributed by atoms with E-state index in [4.69, 9.17) is 4.74 Å². The Morgan fingerprint density at radius 1 is 1.25 bits per heavy atom. The molecule has 0 aliphatic rings. The van der Waals surface area contributed by atoms with Crippen LogP contribution in [-0.4, -0.2) is 12.6 Å². The van der Waals surface area contributed by atoms with Gasteiger partial charge in [-0.1, -0.05) is 50.1 Å². The topological polar surface area (TPSA) is 26.3 Å². The molecule has 0 heterocycles. The summed E-state index contributed by atoms with van der Waals surface area (Å²) in [5, 5.41) is 0. The van der Waals surface area contributed by atoms with Crippen LogP contribution in [0.15, 0.2) is 42.5 Å². The van der Waals surface area contributed by atoms with Crippen LogP contribution in [0.3, 0.4) is 0 Å². The molecule has 0 spiro atoms. The SMILES string of the molecule is CCCCC=CCOC(=O)c1ccccc1. The fourth-order valence-electron chi connectivity index (χ4n) is 1.29. The number of hydrogen-bond donors (Lipinski definition) is 0. The van der Waals surface area contributed by atoms with Crippen LogP contribution in [0.2, 0.25) is 0 Å². The Bertz CT molecular complexity index is 328. The molecule has 0 saturated heterocycles. The maximum atomic E-state index is 11.5. The van der Waals surface area contributed by atoms with Crippen LogP contribution in [0.5, 0.6) is 0 Å². The van der Waals surface area contributed by atoms with Crippen molar-refractivity contribution in [2.45, 2.75) is 26.2 Å². The van der Waals surface area contributed by atoms with Crippen LogP contribution < -0.4 is 0 Å². The maximum absolute atomic E-state index is 11.5. The predicted molar refractivity (Wildman–Crippen MR) is 65.4 cm³/mol. The van der Waals surface area contributed by atoms with E-state index in [1.807, 2.05) is 24.3 Å². The van der Waals surface area contributed by atoms with Gasteiger partial charge in [0.25, 0.3) is 0 Å². The first-order valence-electron chi connectivity index (χ1n) is 5.71. The van der Waals surface area contributed by atoms with Crippen molar-refractivity contribution in [3.05, 3.63) is 48.0 Å². The summed E-state index contributed by atoms with van der Waals surface area (Å²) in [6, 6.07) is 9.04. The van der Waals surface area contributed by atoms with E-state index in [1.165, 1.54) is 12.8 Å². The molecule has 86 valence electrons. The zero-order valence-electron chi connectivity index (χ0n) is 9.69. The molecule has 0 amide bonds. The first kappa shape index (κ1) is 12.5. The lowest BCUT2D eigenvalue weighted by Crippen LogP contribution is -2.04. The van der Waals surface area contributed by atoms with E-state index in [9.17, 15) is 4.79 Å². The van der Waals surface area contributed by atoms with Crippen molar-refractivity contribution in [3.8, 4) is 0 Å². The molecule has 2 heteroatoms. The number of carbonyl (C=O) groups excluding carboxylic acids is 1. The molecular formula is C14H18O2. The van der Waals surface area contributed by atoms with Gasteiger partial charge in [0.15, 0.2) is 0 Å².